The zero-order chi connectivity index (χ0) is 17.4. The van der Waals surface area contributed by atoms with Crippen molar-refractivity contribution >= 4 is 9.84 Å². The number of benzene rings is 1. The molecule has 24 heavy (non-hydrogen) atoms. The number of likely N-dealkylation sites (tertiary alicyclic amines) is 1. The molecule has 0 aliphatic carbocycles. The molecular weight excluding hydrogens is 340 g/mol. The Morgan fingerprint density at radius 1 is 1.29 bits per heavy atom. The third kappa shape index (κ3) is 4.16. The first-order chi connectivity index (χ1) is 11.2. The molecule has 1 fully saturated rings. The molecule has 0 aromatic heterocycles. The van der Waals surface area contributed by atoms with Crippen LogP contribution in [0, 0.1) is 0 Å². The lowest BCUT2D eigenvalue weighted by molar-refractivity contribution is -0.287. The van der Waals surface area contributed by atoms with Crippen molar-refractivity contribution in [3.63, 3.8) is 0 Å². The fraction of sp³-hybridized carbons (Fsp3) is 0.625. The van der Waals surface area contributed by atoms with Crippen molar-refractivity contribution in [2.45, 2.75) is 44.6 Å². The zero-order valence-corrected chi connectivity index (χ0v) is 14.3. The maximum Gasteiger partial charge on any atom is 0.586 e. The van der Waals surface area contributed by atoms with Gasteiger partial charge in [0.25, 0.3) is 0 Å². The van der Waals surface area contributed by atoms with Crippen LogP contribution in [0.25, 0.3) is 0 Å². The minimum absolute atomic E-state index is 0.0437. The Kier molecular flexibility index (Phi) is 4.70. The zero-order valence-electron chi connectivity index (χ0n) is 13.5. The number of sulfone groups is 1. The van der Waals surface area contributed by atoms with Gasteiger partial charge in [0, 0.05) is 24.4 Å². The van der Waals surface area contributed by atoms with Gasteiger partial charge in [-0.25, -0.2) is 8.42 Å². The second-order valence-corrected chi connectivity index (χ2v) is 8.71. The van der Waals surface area contributed by atoms with Crippen molar-refractivity contribution in [3.8, 4) is 11.5 Å². The van der Waals surface area contributed by atoms with Gasteiger partial charge in [-0.2, -0.15) is 0 Å². The predicted molar refractivity (Wildman–Crippen MR) is 85.0 cm³/mol. The average Bonchev–Trinajstić information content (AvgIpc) is 2.80. The maximum absolute atomic E-state index is 13.3. The van der Waals surface area contributed by atoms with E-state index >= 15 is 0 Å². The quantitative estimate of drug-likeness (QED) is 0.807. The van der Waals surface area contributed by atoms with Gasteiger partial charge in [-0.3, -0.25) is 4.90 Å². The van der Waals surface area contributed by atoms with Crippen molar-refractivity contribution in [2.75, 3.05) is 18.6 Å². The van der Waals surface area contributed by atoms with Gasteiger partial charge in [0.1, 0.15) is 9.84 Å². The average molecular weight is 361 g/mol. The predicted octanol–water partition coefficient (Wildman–Crippen LogP) is 2.80. The highest BCUT2D eigenvalue weighted by molar-refractivity contribution is 7.90. The number of ether oxygens (including phenoxy) is 2. The van der Waals surface area contributed by atoms with Crippen molar-refractivity contribution in [3.05, 3.63) is 23.8 Å². The molecule has 2 aliphatic rings. The molecule has 134 valence electrons. The number of halogens is 2. The van der Waals surface area contributed by atoms with Crippen LogP contribution >= 0.6 is 0 Å². The highest BCUT2D eigenvalue weighted by atomic mass is 32.2. The molecule has 0 radical (unpaired) electrons. The minimum Gasteiger partial charge on any atom is -0.395 e. The lowest BCUT2D eigenvalue weighted by atomic mass is 9.99. The molecule has 3 rings (SSSR count). The minimum atomic E-state index is -3.63. The molecule has 0 bridgehead atoms. The molecule has 0 amide bonds. The summed E-state index contributed by atoms with van der Waals surface area (Å²) in [6.45, 7) is 1.26. The topological polar surface area (TPSA) is 55.8 Å². The van der Waals surface area contributed by atoms with E-state index in [9.17, 15) is 17.2 Å². The SMILES string of the molecule is CS(=O)(=O)CCC1CCCCN1Cc1cccc2c1OC(F)(F)O2. The number of hydrogen-bond donors (Lipinski definition) is 0. The first-order valence-corrected chi connectivity index (χ1v) is 10.1. The van der Waals surface area contributed by atoms with Crippen LogP contribution in [0.1, 0.15) is 31.2 Å². The summed E-state index contributed by atoms with van der Waals surface area (Å²) in [6.07, 6.45) is 1.14. The van der Waals surface area contributed by atoms with E-state index in [4.69, 9.17) is 0 Å². The number of rotatable bonds is 5. The molecule has 5 nitrogen and oxygen atoms in total. The lowest BCUT2D eigenvalue weighted by Crippen LogP contribution is -2.40. The summed E-state index contributed by atoms with van der Waals surface area (Å²) in [6, 6.07) is 4.99. The number of piperidine rings is 1. The van der Waals surface area contributed by atoms with E-state index in [-0.39, 0.29) is 23.3 Å². The summed E-state index contributed by atoms with van der Waals surface area (Å²) in [5, 5.41) is 0. The second kappa shape index (κ2) is 6.48. The van der Waals surface area contributed by atoms with E-state index in [0.717, 1.165) is 25.8 Å². The van der Waals surface area contributed by atoms with E-state index in [1.54, 1.807) is 12.1 Å². The largest absolute Gasteiger partial charge is 0.586 e. The van der Waals surface area contributed by atoms with Gasteiger partial charge in [0.2, 0.25) is 0 Å². The van der Waals surface area contributed by atoms with Gasteiger partial charge in [-0.05, 0) is 31.9 Å². The van der Waals surface area contributed by atoms with E-state index in [2.05, 4.69) is 14.4 Å². The molecule has 8 heteroatoms. The second-order valence-electron chi connectivity index (χ2n) is 6.45. The molecule has 1 saturated heterocycles. The fourth-order valence-electron chi connectivity index (χ4n) is 3.31. The van der Waals surface area contributed by atoms with Crippen molar-refractivity contribution in [2.24, 2.45) is 0 Å². The standard InChI is InChI=1S/C16H21F2NO4S/c1-24(20,21)10-8-13-6-2-3-9-19(13)11-12-5-4-7-14-15(12)23-16(17,18)22-14/h4-5,7,13H,2-3,6,8-11H2,1H3. The van der Waals surface area contributed by atoms with E-state index in [1.165, 1.54) is 12.3 Å². The molecule has 1 unspecified atom stereocenters. The highest BCUT2D eigenvalue weighted by Crippen LogP contribution is 2.43. The first-order valence-electron chi connectivity index (χ1n) is 8.03. The van der Waals surface area contributed by atoms with Crippen LogP contribution in [0.4, 0.5) is 8.78 Å². The number of alkyl halides is 2. The molecule has 2 heterocycles. The summed E-state index contributed by atoms with van der Waals surface area (Å²) in [7, 11) is -3.02. The van der Waals surface area contributed by atoms with Gasteiger partial charge in [-0.1, -0.05) is 18.6 Å². The smallest absolute Gasteiger partial charge is 0.395 e. The van der Waals surface area contributed by atoms with Crippen molar-refractivity contribution in [1.82, 2.24) is 4.90 Å². The van der Waals surface area contributed by atoms with Gasteiger partial charge >= 0.3 is 6.29 Å². The Balaban J connectivity index is 1.74. The van der Waals surface area contributed by atoms with Crippen molar-refractivity contribution < 1.29 is 26.7 Å². The van der Waals surface area contributed by atoms with E-state index in [1.807, 2.05) is 0 Å². The van der Waals surface area contributed by atoms with E-state index < -0.39 is 16.1 Å². The van der Waals surface area contributed by atoms with Crippen molar-refractivity contribution in [1.29, 1.82) is 0 Å². The summed E-state index contributed by atoms with van der Waals surface area (Å²) in [5.74, 6) is 0.260. The first kappa shape index (κ1) is 17.4. The molecule has 0 spiro atoms. The summed E-state index contributed by atoms with van der Waals surface area (Å²) < 4.78 is 58.6. The molecule has 2 aliphatic heterocycles. The van der Waals surface area contributed by atoms with Gasteiger partial charge in [0.05, 0.1) is 5.75 Å². The van der Waals surface area contributed by atoms with Crippen LogP contribution in [0.3, 0.4) is 0 Å². The highest BCUT2D eigenvalue weighted by Gasteiger charge is 2.44. The lowest BCUT2D eigenvalue weighted by Gasteiger charge is -2.35. The summed E-state index contributed by atoms with van der Waals surface area (Å²) in [5.41, 5.74) is 0.635. The van der Waals surface area contributed by atoms with Crippen LogP contribution in [-0.2, 0) is 16.4 Å². The normalized spacial score (nSPS) is 23.4. The molecule has 1 aromatic rings. The molecule has 0 N–H and O–H groups in total. The Labute approximate surface area is 140 Å². The summed E-state index contributed by atoms with van der Waals surface area (Å²) in [4.78, 5) is 2.16. The monoisotopic (exact) mass is 361 g/mol. The molecule has 1 aromatic carbocycles. The van der Waals surface area contributed by atoms with Crippen LogP contribution in [-0.4, -0.2) is 44.2 Å². The Bertz CT molecular complexity index is 708. The van der Waals surface area contributed by atoms with Crippen LogP contribution in [0.15, 0.2) is 18.2 Å². The molecular formula is C16H21F2NO4S. The van der Waals surface area contributed by atoms with Gasteiger partial charge in [-0.15, -0.1) is 8.78 Å². The Hall–Kier alpha value is -1.41. The number of hydrogen-bond acceptors (Lipinski definition) is 5. The third-order valence-corrected chi connectivity index (χ3v) is 5.43. The number of fused-ring (bicyclic) bond motifs is 1. The Morgan fingerprint density at radius 2 is 2.08 bits per heavy atom. The van der Waals surface area contributed by atoms with Gasteiger partial charge in [0.15, 0.2) is 11.5 Å². The number of nitrogens with zero attached hydrogens (tertiary/aromatic N) is 1. The van der Waals surface area contributed by atoms with Crippen LogP contribution < -0.4 is 9.47 Å². The maximum atomic E-state index is 13.3. The molecule has 0 saturated carbocycles. The number of para-hydroxylation sites is 1. The van der Waals surface area contributed by atoms with Crippen LogP contribution in [0.5, 0.6) is 11.5 Å². The molecule has 1 atom stereocenters. The Morgan fingerprint density at radius 3 is 2.83 bits per heavy atom. The van der Waals surface area contributed by atoms with Crippen LogP contribution in [0.2, 0.25) is 0 Å². The summed E-state index contributed by atoms with van der Waals surface area (Å²) >= 11 is 0. The van der Waals surface area contributed by atoms with E-state index in [0.29, 0.717) is 18.5 Å². The van der Waals surface area contributed by atoms with Gasteiger partial charge < -0.3 is 9.47 Å². The fourth-order valence-corrected chi connectivity index (χ4v) is 4.01. The third-order valence-electron chi connectivity index (χ3n) is 4.45.